The van der Waals surface area contributed by atoms with Crippen LogP contribution in [0.1, 0.15) is 118 Å². The van der Waals surface area contributed by atoms with Crippen molar-refractivity contribution < 1.29 is 38.6 Å². The molecule has 3 unspecified atom stereocenters. The van der Waals surface area contributed by atoms with Crippen molar-refractivity contribution in [3.05, 3.63) is 35.9 Å². The SMILES string of the molecule is CN(C)C(=O)[C@@H](NC(=O)CNC(=O)C(O)[C@@H]1CCCCCCCCCC(C)(C)[C@H](NC(=O)OC(C)(C)C)C(=O)N2CC3C([C@H]2C(=O)N1)C3(C)C)c1ccccc1. The van der Waals surface area contributed by atoms with E-state index in [1.807, 2.05) is 13.8 Å². The highest BCUT2D eigenvalue weighted by Gasteiger charge is 2.70. The van der Waals surface area contributed by atoms with Crippen LogP contribution in [0.15, 0.2) is 30.3 Å². The van der Waals surface area contributed by atoms with Crippen molar-refractivity contribution in [1.29, 1.82) is 0 Å². The zero-order valence-electron chi connectivity index (χ0n) is 34.9. The smallest absolute Gasteiger partial charge is 0.408 e. The Balaban J connectivity index is 1.54. The van der Waals surface area contributed by atoms with Gasteiger partial charge in [-0.2, -0.15) is 0 Å². The van der Waals surface area contributed by atoms with Gasteiger partial charge in [0.15, 0.2) is 6.10 Å². The fourth-order valence-corrected chi connectivity index (χ4v) is 8.40. The molecule has 0 radical (unpaired) electrons. The molecule has 2 heterocycles. The molecule has 2 aliphatic heterocycles. The Morgan fingerprint density at radius 1 is 0.964 bits per heavy atom. The van der Waals surface area contributed by atoms with Crippen LogP contribution in [0.2, 0.25) is 0 Å². The molecule has 56 heavy (non-hydrogen) atoms. The van der Waals surface area contributed by atoms with E-state index in [9.17, 15) is 33.9 Å². The minimum absolute atomic E-state index is 0.0577. The predicted octanol–water partition coefficient (Wildman–Crippen LogP) is 3.82. The van der Waals surface area contributed by atoms with Crippen molar-refractivity contribution in [3.63, 3.8) is 0 Å². The number of carbonyl (C=O) groups excluding carboxylic acids is 6. The topological polar surface area (TPSA) is 186 Å². The van der Waals surface area contributed by atoms with Gasteiger partial charge in [0, 0.05) is 20.6 Å². The van der Waals surface area contributed by atoms with E-state index in [4.69, 9.17) is 4.74 Å². The van der Waals surface area contributed by atoms with E-state index in [2.05, 4.69) is 35.1 Å². The van der Waals surface area contributed by atoms with Gasteiger partial charge in [-0.25, -0.2) is 4.79 Å². The Hall–Kier alpha value is -4.20. The van der Waals surface area contributed by atoms with E-state index >= 15 is 0 Å². The van der Waals surface area contributed by atoms with Crippen molar-refractivity contribution in [2.24, 2.45) is 22.7 Å². The van der Waals surface area contributed by atoms with Gasteiger partial charge >= 0.3 is 6.09 Å². The Morgan fingerprint density at radius 3 is 2.18 bits per heavy atom. The standard InChI is InChI=1S/C42H66N6O8/c1-40(2,3)56-39(55)46-34-38(54)48-25-27-30(42(27,6)7)32(48)35(51)44-28(22-18-13-11-10-12-14-19-23-41(34,4)5)33(50)36(52)43-24-29(49)45-31(37(53)47(8)9)26-20-16-15-17-21-26/h15-17,20-21,27-28,30-34,50H,10-14,18-19,22-25H2,1-9H3,(H,43,52)(H,44,51)(H,45,49)(H,46,55)/t27?,28-,30?,31-,32-,33?,34+/m0/s1. The highest BCUT2D eigenvalue weighted by atomic mass is 16.6. The number of aliphatic hydroxyl groups excluding tert-OH is 1. The number of rotatable bonds is 8. The molecular weight excluding hydrogens is 716 g/mol. The molecule has 7 atom stereocenters. The van der Waals surface area contributed by atoms with Crippen LogP contribution in [0, 0.1) is 22.7 Å². The number of piperidine rings is 1. The number of amides is 6. The molecule has 4 rings (SSSR count). The number of nitrogens with zero attached hydrogens (tertiary/aromatic N) is 2. The second-order valence-corrected chi connectivity index (χ2v) is 18.4. The molecule has 0 spiro atoms. The molecule has 0 bridgehead atoms. The summed E-state index contributed by atoms with van der Waals surface area (Å²) in [5.41, 5.74) is -1.08. The molecule has 14 nitrogen and oxygen atoms in total. The Morgan fingerprint density at radius 2 is 1.57 bits per heavy atom. The summed E-state index contributed by atoms with van der Waals surface area (Å²) >= 11 is 0. The van der Waals surface area contributed by atoms with E-state index in [0.29, 0.717) is 31.4 Å². The Kier molecular flexibility index (Phi) is 14.6. The number of benzene rings is 1. The van der Waals surface area contributed by atoms with Gasteiger partial charge in [-0.3, -0.25) is 24.0 Å². The normalized spacial score (nSPS) is 26.5. The summed E-state index contributed by atoms with van der Waals surface area (Å²) in [4.78, 5) is 84.5. The maximum absolute atomic E-state index is 14.6. The van der Waals surface area contributed by atoms with Crippen LogP contribution in [0.5, 0.6) is 0 Å². The molecule has 2 saturated heterocycles. The number of ether oxygens (including phenoxy) is 1. The molecule has 1 aromatic rings. The number of aliphatic hydroxyl groups is 1. The molecule has 1 saturated carbocycles. The predicted molar refractivity (Wildman–Crippen MR) is 212 cm³/mol. The van der Waals surface area contributed by atoms with Gasteiger partial charge in [0.2, 0.25) is 23.6 Å². The quantitative estimate of drug-likeness (QED) is 0.264. The van der Waals surface area contributed by atoms with Gasteiger partial charge in [0.25, 0.3) is 5.91 Å². The van der Waals surface area contributed by atoms with Gasteiger partial charge in [0.05, 0.1) is 12.6 Å². The summed E-state index contributed by atoms with van der Waals surface area (Å²) in [6.07, 6.45) is 4.82. The van der Waals surface area contributed by atoms with Gasteiger partial charge in [-0.1, -0.05) is 103 Å². The average Bonchev–Trinajstić information content (AvgIpc) is 3.42. The van der Waals surface area contributed by atoms with E-state index in [0.717, 1.165) is 38.5 Å². The minimum atomic E-state index is -1.70. The van der Waals surface area contributed by atoms with Gasteiger partial charge in [-0.15, -0.1) is 0 Å². The van der Waals surface area contributed by atoms with Crippen LogP contribution < -0.4 is 21.3 Å². The highest BCUT2D eigenvalue weighted by Crippen LogP contribution is 2.65. The van der Waals surface area contributed by atoms with Crippen LogP contribution in [-0.4, -0.2) is 108 Å². The van der Waals surface area contributed by atoms with Crippen molar-refractivity contribution in [2.45, 2.75) is 142 Å². The third-order valence-electron chi connectivity index (χ3n) is 11.8. The van der Waals surface area contributed by atoms with E-state index < -0.39 is 71.6 Å². The van der Waals surface area contributed by atoms with E-state index in [1.54, 1.807) is 70.1 Å². The molecule has 3 fully saturated rings. The van der Waals surface area contributed by atoms with Crippen LogP contribution >= 0.6 is 0 Å². The molecule has 1 aromatic carbocycles. The Labute approximate surface area is 332 Å². The maximum atomic E-state index is 14.6. The molecular formula is C42H66N6O8. The summed E-state index contributed by atoms with van der Waals surface area (Å²) in [5.74, 6) is -2.77. The molecule has 312 valence electrons. The number of carbonyl (C=O) groups is 6. The Bertz CT molecular complexity index is 1570. The monoisotopic (exact) mass is 782 g/mol. The first-order valence-electron chi connectivity index (χ1n) is 20.3. The van der Waals surface area contributed by atoms with Crippen LogP contribution in [-0.2, 0) is 28.7 Å². The number of hydrogen-bond donors (Lipinski definition) is 5. The zero-order chi connectivity index (χ0) is 41.6. The third kappa shape index (κ3) is 11.2. The number of fused-ring (bicyclic) bond motifs is 3. The lowest BCUT2D eigenvalue weighted by Crippen LogP contribution is -2.61. The largest absolute Gasteiger partial charge is 0.444 e. The van der Waals surface area contributed by atoms with Gasteiger partial charge in [-0.05, 0) is 61.8 Å². The fraction of sp³-hybridized carbons (Fsp3) is 0.714. The summed E-state index contributed by atoms with van der Waals surface area (Å²) < 4.78 is 5.58. The number of hydrogen-bond acceptors (Lipinski definition) is 8. The summed E-state index contributed by atoms with van der Waals surface area (Å²) in [6, 6.07) is 4.92. The second-order valence-electron chi connectivity index (χ2n) is 18.4. The highest BCUT2D eigenvalue weighted by molar-refractivity contribution is 5.94. The van der Waals surface area contributed by atoms with Crippen molar-refractivity contribution in [3.8, 4) is 0 Å². The van der Waals surface area contributed by atoms with Crippen LogP contribution in [0.25, 0.3) is 0 Å². The fourth-order valence-electron chi connectivity index (χ4n) is 8.40. The first kappa shape index (κ1) is 44.5. The van der Waals surface area contributed by atoms with Gasteiger partial charge < -0.3 is 40.9 Å². The number of likely N-dealkylation sites (N-methyl/N-ethyl adjacent to an activating group) is 1. The second kappa shape index (κ2) is 18.4. The molecule has 6 amide bonds. The van der Waals surface area contributed by atoms with E-state index in [-0.39, 0.29) is 29.1 Å². The van der Waals surface area contributed by atoms with Crippen molar-refractivity contribution in [1.82, 2.24) is 31.1 Å². The van der Waals surface area contributed by atoms with E-state index in [1.165, 1.54) is 4.90 Å². The first-order chi connectivity index (χ1) is 26.2. The summed E-state index contributed by atoms with van der Waals surface area (Å²) in [5, 5.41) is 22.4. The molecule has 14 heteroatoms. The minimum Gasteiger partial charge on any atom is -0.444 e. The lowest BCUT2D eigenvalue weighted by Gasteiger charge is -2.40. The number of alkyl carbamates (subject to hydrolysis) is 1. The summed E-state index contributed by atoms with van der Waals surface area (Å²) in [6.45, 7) is 13.2. The maximum Gasteiger partial charge on any atom is 0.408 e. The third-order valence-corrected chi connectivity index (χ3v) is 11.8. The van der Waals surface area contributed by atoms with Crippen molar-refractivity contribution >= 4 is 35.6 Å². The molecule has 0 aromatic heterocycles. The zero-order valence-corrected chi connectivity index (χ0v) is 34.9. The molecule has 5 N–H and O–H groups in total. The lowest BCUT2D eigenvalue weighted by molar-refractivity contribution is -0.145. The first-order valence-corrected chi connectivity index (χ1v) is 20.3. The molecule has 1 aliphatic carbocycles. The number of nitrogens with one attached hydrogen (secondary N) is 4. The molecule has 3 aliphatic rings. The average molecular weight is 783 g/mol. The van der Waals surface area contributed by atoms with Crippen LogP contribution in [0.3, 0.4) is 0 Å². The van der Waals surface area contributed by atoms with Gasteiger partial charge in [0.1, 0.15) is 23.7 Å². The summed E-state index contributed by atoms with van der Waals surface area (Å²) in [7, 11) is 3.16. The van der Waals surface area contributed by atoms with Crippen molar-refractivity contribution in [2.75, 3.05) is 27.2 Å². The van der Waals surface area contributed by atoms with Crippen LogP contribution in [0.4, 0.5) is 4.79 Å². The lowest BCUT2D eigenvalue weighted by atomic mass is 9.78.